The molecule has 0 fully saturated rings. The molecule has 1 heterocycles. The Labute approximate surface area is 160 Å². The van der Waals surface area contributed by atoms with Gasteiger partial charge >= 0.3 is 0 Å². The highest BCUT2D eigenvalue weighted by Gasteiger charge is 2.19. The molecule has 3 aromatic carbocycles. The molecule has 0 atom stereocenters. The fraction of sp³-hybridized carbons (Fsp3) is 0.0476. The number of benzene rings is 3. The largest absolute Gasteiger partial charge is 0.338 e. The zero-order chi connectivity index (χ0) is 19.7. The highest BCUT2D eigenvalue weighted by atomic mass is 16.6. The van der Waals surface area contributed by atoms with Gasteiger partial charge in [0.15, 0.2) is 0 Å². The van der Waals surface area contributed by atoms with E-state index >= 15 is 0 Å². The number of nitrogens with one attached hydrogen (secondary N) is 2. The molecule has 0 aliphatic rings. The van der Waals surface area contributed by atoms with E-state index in [1.807, 2.05) is 42.5 Å². The van der Waals surface area contributed by atoms with E-state index < -0.39 is 10.8 Å². The van der Waals surface area contributed by atoms with Crippen molar-refractivity contribution in [3.63, 3.8) is 0 Å². The molecule has 7 nitrogen and oxygen atoms in total. The zero-order valence-corrected chi connectivity index (χ0v) is 15.0. The maximum absolute atomic E-state index is 12.8. The third kappa shape index (κ3) is 3.09. The van der Waals surface area contributed by atoms with Crippen LogP contribution in [0.15, 0.2) is 66.7 Å². The summed E-state index contributed by atoms with van der Waals surface area (Å²) in [6.07, 6.45) is 0. The fourth-order valence-corrected chi connectivity index (χ4v) is 3.14. The maximum Gasteiger partial charge on any atom is 0.273 e. The standard InChI is InChI=1S/C21H16N4O3/c1-13-14(8-6-12-19(13)25(27)28)21(26)24-16-9-3-2-7-15(16)20-22-17-10-4-5-11-18(17)23-20/h2-12H,1H3,(H,22,23)(H,24,26). The monoisotopic (exact) mass is 372 g/mol. The number of fused-ring (bicyclic) bond motifs is 1. The van der Waals surface area contributed by atoms with Gasteiger partial charge in [0.05, 0.1) is 21.6 Å². The van der Waals surface area contributed by atoms with Crippen LogP contribution in [0.1, 0.15) is 15.9 Å². The summed E-state index contributed by atoms with van der Waals surface area (Å²) in [5.74, 6) is 0.220. The van der Waals surface area contributed by atoms with Crippen LogP contribution in [0.25, 0.3) is 22.4 Å². The van der Waals surface area contributed by atoms with Gasteiger partial charge in [0.1, 0.15) is 5.82 Å². The predicted molar refractivity (Wildman–Crippen MR) is 107 cm³/mol. The van der Waals surface area contributed by atoms with Crippen LogP contribution in [0, 0.1) is 17.0 Å². The van der Waals surface area contributed by atoms with Crippen LogP contribution < -0.4 is 5.32 Å². The van der Waals surface area contributed by atoms with Crippen molar-refractivity contribution in [1.29, 1.82) is 0 Å². The first-order chi connectivity index (χ1) is 13.5. The Kier molecular flexibility index (Phi) is 4.33. The Bertz CT molecular complexity index is 1180. The molecule has 1 aromatic heterocycles. The molecule has 0 aliphatic carbocycles. The molecular formula is C21H16N4O3. The van der Waals surface area contributed by atoms with E-state index in [1.165, 1.54) is 12.1 Å². The SMILES string of the molecule is Cc1c(C(=O)Nc2ccccc2-c2nc3ccccc3[nH]2)cccc1[N+](=O)[O-]. The first-order valence-corrected chi connectivity index (χ1v) is 8.64. The van der Waals surface area contributed by atoms with Crippen LogP contribution in [0.4, 0.5) is 11.4 Å². The Morgan fingerprint density at radius 3 is 2.57 bits per heavy atom. The molecule has 0 radical (unpaired) electrons. The molecule has 1 amide bonds. The van der Waals surface area contributed by atoms with Crippen molar-refractivity contribution in [1.82, 2.24) is 9.97 Å². The summed E-state index contributed by atoms with van der Waals surface area (Å²) in [4.78, 5) is 31.3. The predicted octanol–water partition coefficient (Wildman–Crippen LogP) is 4.70. The summed E-state index contributed by atoms with van der Waals surface area (Å²) in [5, 5.41) is 14.0. The topological polar surface area (TPSA) is 101 Å². The number of rotatable bonds is 4. The smallest absolute Gasteiger partial charge is 0.273 e. The first kappa shape index (κ1) is 17.4. The van der Waals surface area contributed by atoms with Crippen LogP contribution in [-0.2, 0) is 0 Å². The minimum atomic E-state index is -0.492. The lowest BCUT2D eigenvalue weighted by Gasteiger charge is -2.11. The minimum Gasteiger partial charge on any atom is -0.338 e. The highest BCUT2D eigenvalue weighted by molar-refractivity contribution is 6.07. The first-order valence-electron chi connectivity index (χ1n) is 8.64. The van der Waals surface area contributed by atoms with Crippen molar-refractivity contribution >= 4 is 28.3 Å². The second kappa shape index (κ2) is 6.96. The summed E-state index contributed by atoms with van der Waals surface area (Å²) in [5.41, 5.74) is 3.52. The van der Waals surface area contributed by atoms with E-state index in [-0.39, 0.29) is 11.3 Å². The molecule has 7 heteroatoms. The molecule has 138 valence electrons. The molecule has 0 unspecified atom stereocenters. The normalized spacial score (nSPS) is 10.8. The Balaban J connectivity index is 1.71. The number of carbonyl (C=O) groups excluding carboxylic acids is 1. The molecule has 0 saturated heterocycles. The number of hydrogen-bond donors (Lipinski definition) is 2. The van der Waals surface area contributed by atoms with Gasteiger partial charge in [0.2, 0.25) is 0 Å². The number of para-hydroxylation sites is 3. The Morgan fingerprint density at radius 1 is 1.04 bits per heavy atom. The lowest BCUT2D eigenvalue weighted by atomic mass is 10.1. The summed E-state index contributed by atoms with van der Waals surface area (Å²) >= 11 is 0. The number of H-pyrrole nitrogens is 1. The minimum absolute atomic E-state index is 0.0850. The quantitative estimate of drug-likeness (QED) is 0.400. The van der Waals surface area contributed by atoms with E-state index in [0.717, 1.165) is 16.6 Å². The Morgan fingerprint density at radius 2 is 1.79 bits per heavy atom. The average Bonchev–Trinajstić information content (AvgIpc) is 3.12. The Hall–Kier alpha value is -4.00. The van der Waals surface area contributed by atoms with Crippen LogP contribution >= 0.6 is 0 Å². The number of carbonyl (C=O) groups is 1. The molecule has 4 rings (SSSR count). The van der Waals surface area contributed by atoms with Crippen molar-refractivity contribution in [2.75, 3.05) is 5.32 Å². The van der Waals surface area contributed by atoms with E-state index in [0.29, 0.717) is 17.1 Å². The summed E-state index contributed by atoms with van der Waals surface area (Å²) in [7, 11) is 0. The molecule has 4 aromatic rings. The van der Waals surface area contributed by atoms with Crippen LogP contribution in [0.3, 0.4) is 0 Å². The van der Waals surface area contributed by atoms with E-state index in [4.69, 9.17) is 0 Å². The highest BCUT2D eigenvalue weighted by Crippen LogP contribution is 2.29. The molecule has 0 spiro atoms. The maximum atomic E-state index is 12.8. The van der Waals surface area contributed by atoms with Gasteiger partial charge in [-0.25, -0.2) is 4.98 Å². The third-order valence-corrected chi connectivity index (χ3v) is 4.57. The van der Waals surface area contributed by atoms with Crippen molar-refractivity contribution in [3.8, 4) is 11.4 Å². The number of aromatic nitrogens is 2. The zero-order valence-electron chi connectivity index (χ0n) is 15.0. The fourth-order valence-electron chi connectivity index (χ4n) is 3.14. The number of nitro benzene ring substituents is 1. The molecule has 0 saturated carbocycles. The van der Waals surface area contributed by atoms with Gasteiger partial charge < -0.3 is 10.3 Å². The van der Waals surface area contributed by atoms with Crippen molar-refractivity contribution in [2.45, 2.75) is 6.92 Å². The number of amides is 1. The average molecular weight is 372 g/mol. The summed E-state index contributed by atoms with van der Waals surface area (Å²) in [6, 6.07) is 19.4. The number of anilines is 1. The third-order valence-electron chi connectivity index (χ3n) is 4.57. The number of aromatic amines is 1. The number of nitrogens with zero attached hydrogens (tertiary/aromatic N) is 2. The van der Waals surface area contributed by atoms with E-state index in [2.05, 4.69) is 15.3 Å². The van der Waals surface area contributed by atoms with Gasteiger partial charge in [0, 0.05) is 22.8 Å². The van der Waals surface area contributed by atoms with Gasteiger partial charge in [-0.3, -0.25) is 14.9 Å². The number of imidazole rings is 1. The number of hydrogen-bond acceptors (Lipinski definition) is 4. The molecule has 2 N–H and O–H groups in total. The van der Waals surface area contributed by atoms with Gasteiger partial charge in [-0.05, 0) is 37.3 Å². The number of nitro groups is 1. The van der Waals surface area contributed by atoms with Crippen molar-refractivity contribution in [3.05, 3.63) is 88.0 Å². The molecule has 0 aliphatic heterocycles. The molecule has 28 heavy (non-hydrogen) atoms. The molecular weight excluding hydrogens is 356 g/mol. The van der Waals surface area contributed by atoms with Crippen LogP contribution in [0.2, 0.25) is 0 Å². The van der Waals surface area contributed by atoms with Gasteiger partial charge in [-0.2, -0.15) is 0 Å². The van der Waals surface area contributed by atoms with Gasteiger partial charge in [-0.15, -0.1) is 0 Å². The van der Waals surface area contributed by atoms with Crippen LogP contribution in [0.5, 0.6) is 0 Å². The second-order valence-corrected chi connectivity index (χ2v) is 6.31. The van der Waals surface area contributed by atoms with E-state index in [9.17, 15) is 14.9 Å². The van der Waals surface area contributed by atoms with Crippen LogP contribution in [-0.4, -0.2) is 20.8 Å². The lowest BCUT2D eigenvalue weighted by Crippen LogP contribution is -2.14. The lowest BCUT2D eigenvalue weighted by molar-refractivity contribution is -0.385. The van der Waals surface area contributed by atoms with Crippen molar-refractivity contribution < 1.29 is 9.72 Å². The summed E-state index contributed by atoms with van der Waals surface area (Å²) < 4.78 is 0. The van der Waals surface area contributed by atoms with E-state index in [1.54, 1.807) is 19.1 Å². The van der Waals surface area contributed by atoms with Gasteiger partial charge in [-0.1, -0.05) is 30.3 Å². The molecule has 0 bridgehead atoms. The second-order valence-electron chi connectivity index (χ2n) is 6.31. The van der Waals surface area contributed by atoms with Crippen molar-refractivity contribution in [2.24, 2.45) is 0 Å². The summed E-state index contributed by atoms with van der Waals surface area (Å²) in [6.45, 7) is 1.57. The van der Waals surface area contributed by atoms with Gasteiger partial charge in [0.25, 0.3) is 11.6 Å².